The van der Waals surface area contributed by atoms with E-state index in [-0.39, 0.29) is 17.3 Å². The number of carbonyl (C=O) groups is 1. The molecule has 1 saturated heterocycles. The summed E-state index contributed by atoms with van der Waals surface area (Å²) >= 11 is 0. The Morgan fingerprint density at radius 2 is 1.93 bits per heavy atom. The van der Waals surface area contributed by atoms with Crippen LogP contribution in [0.15, 0.2) is 24.4 Å². The predicted octanol–water partition coefficient (Wildman–Crippen LogP) is -1.12. The van der Waals surface area contributed by atoms with Gasteiger partial charge in [-0.05, 0) is 36.7 Å². The highest BCUT2D eigenvalue weighted by atomic mass is 32.3. The molecule has 2 heterocycles. The number of fused-ring (bicyclic) bond motifs is 1. The molecule has 1 amide bonds. The Balaban J connectivity index is 0.000000417. The highest BCUT2D eigenvalue weighted by Crippen LogP contribution is 2.22. The standard InChI is InChI=1S/C10H12N2O.C4H7N3O.H2O4S.H2O/c11-4-3-7-6-12-10-2-1-8(13)5-9(7)10;1-7-2-3(8)6-4(7)5;1-5(2,3)4;/h1-2,5-6,12-13H,3-4,11H2;2H2,1H3,(H2,5,6,8);(H2,1,2,3,4);1H2. The van der Waals surface area contributed by atoms with Crippen molar-refractivity contribution in [1.82, 2.24) is 15.2 Å². The number of amides is 1. The van der Waals surface area contributed by atoms with Crippen molar-refractivity contribution in [3.63, 3.8) is 0 Å². The number of aromatic nitrogens is 1. The molecule has 27 heavy (non-hydrogen) atoms. The maximum atomic E-state index is 10.4. The lowest BCUT2D eigenvalue weighted by Gasteiger charge is -2.03. The number of hydrogen-bond donors (Lipinski definition) is 7. The van der Waals surface area contributed by atoms with E-state index in [0.29, 0.717) is 18.8 Å². The number of phenols is 1. The molecule has 12 nitrogen and oxygen atoms in total. The van der Waals surface area contributed by atoms with Gasteiger partial charge in [-0.1, -0.05) is 0 Å². The Morgan fingerprint density at radius 1 is 1.33 bits per heavy atom. The summed E-state index contributed by atoms with van der Waals surface area (Å²) in [5, 5.41) is 19.7. The minimum atomic E-state index is -4.67. The Bertz CT molecular complexity index is 873. The van der Waals surface area contributed by atoms with Crippen LogP contribution in [-0.4, -0.2) is 70.0 Å². The molecule has 13 heteroatoms. The molecule has 0 radical (unpaired) electrons. The van der Waals surface area contributed by atoms with Crippen LogP contribution in [-0.2, 0) is 21.6 Å². The molecule has 0 unspecified atom stereocenters. The third-order valence-electron chi connectivity index (χ3n) is 3.19. The molecular formula is C14H23N5O7S. The van der Waals surface area contributed by atoms with Gasteiger partial charge in [0.1, 0.15) is 5.75 Å². The molecule has 152 valence electrons. The molecule has 1 aliphatic rings. The van der Waals surface area contributed by atoms with Gasteiger partial charge in [-0.25, -0.2) is 0 Å². The normalized spacial score (nSPS) is 13.1. The van der Waals surface area contributed by atoms with Crippen molar-refractivity contribution in [2.24, 2.45) is 5.73 Å². The van der Waals surface area contributed by atoms with Crippen LogP contribution in [0.1, 0.15) is 5.56 Å². The van der Waals surface area contributed by atoms with Crippen LogP contribution < -0.4 is 11.1 Å². The smallest absolute Gasteiger partial charge is 0.394 e. The van der Waals surface area contributed by atoms with Gasteiger partial charge in [0, 0.05) is 24.1 Å². The van der Waals surface area contributed by atoms with Crippen molar-refractivity contribution in [3.8, 4) is 5.75 Å². The second kappa shape index (κ2) is 10.4. The first-order valence-corrected chi connectivity index (χ1v) is 8.69. The molecular weight excluding hydrogens is 382 g/mol. The number of rotatable bonds is 2. The van der Waals surface area contributed by atoms with Crippen molar-refractivity contribution >= 4 is 33.2 Å². The first kappa shape index (κ1) is 24.3. The van der Waals surface area contributed by atoms with Gasteiger partial charge in [-0.2, -0.15) is 8.42 Å². The zero-order valence-electron chi connectivity index (χ0n) is 14.4. The van der Waals surface area contributed by atoms with Gasteiger partial charge in [0.25, 0.3) is 0 Å². The van der Waals surface area contributed by atoms with Crippen LogP contribution in [0.3, 0.4) is 0 Å². The molecule has 0 saturated carbocycles. The Kier molecular flexibility index (Phi) is 9.39. The summed E-state index contributed by atoms with van der Waals surface area (Å²) in [5.41, 5.74) is 7.68. The molecule has 0 aliphatic carbocycles. The fourth-order valence-electron chi connectivity index (χ4n) is 2.09. The lowest BCUT2D eigenvalue weighted by Crippen LogP contribution is -2.25. The zero-order valence-corrected chi connectivity index (χ0v) is 15.2. The van der Waals surface area contributed by atoms with Crippen molar-refractivity contribution in [2.75, 3.05) is 20.1 Å². The molecule has 10 N–H and O–H groups in total. The minimum Gasteiger partial charge on any atom is -0.508 e. The minimum absolute atomic E-state index is 0. The summed E-state index contributed by atoms with van der Waals surface area (Å²) in [7, 11) is -2.97. The number of likely N-dealkylation sites (N-methyl/N-ethyl adjacent to an activating group) is 1. The number of hydrogen-bond acceptors (Lipinski definition) is 6. The van der Waals surface area contributed by atoms with Crippen molar-refractivity contribution in [2.45, 2.75) is 6.42 Å². The van der Waals surface area contributed by atoms with E-state index in [4.69, 9.17) is 28.7 Å². The molecule has 1 fully saturated rings. The highest BCUT2D eigenvalue weighted by molar-refractivity contribution is 7.79. The van der Waals surface area contributed by atoms with Crippen LogP contribution in [0.2, 0.25) is 0 Å². The number of H-pyrrole nitrogens is 1. The number of guanidine groups is 1. The van der Waals surface area contributed by atoms with E-state index >= 15 is 0 Å². The van der Waals surface area contributed by atoms with Gasteiger partial charge in [0.15, 0.2) is 5.96 Å². The Labute approximate surface area is 155 Å². The van der Waals surface area contributed by atoms with E-state index in [0.717, 1.165) is 22.9 Å². The van der Waals surface area contributed by atoms with Crippen molar-refractivity contribution in [3.05, 3.63) is 30.0 Å². The summed E-state index contributed by atoms with van der Waals surface area (Å²) in [6, 6.07) is 5.30. The number of aromatic amines is 1. The summed E-state index contributed by atoms with van der Waals surface area (Å²) in [6.07, 6.45) is 2.78. The van der Waals surface area contributed by atoms with Crippen LogP contribution in [0.5, 0.6) is 5.75 Å². The quantitative estimate of drug-likeness (QED) is 0.302. The lowest BCUT2D eigenvalue weighted by molar-refractivity contribution is -0.118. The zero-order chi connectivity index (χ0) is 19.9. The van der Waals surface area contributed by atoms with Crippen LogP contribution in [0.25, 0.3) is 10.9 Å². The van der Waals surface area contributed by atoms with Crippen LogP contribution >= 0.6 is 0 Å². The number of nitrogens with one attached hydrogen (secondary N) is 3. The van der Waals surface area contributed by atoms with Crippen LogP contribution in [0.4, 0.5) is 0 Å². The summed E-state index contributed by atoms with van der Waals surface area (Å²) in [5.74, 6) is 0.387. The molecule has 0 bridgehead atoms. The van der Waals surface area contributed by atoms with Crippen molar-refractivity contribution < 1.29 is 32.9 Å². The number of nitrogens with two attached hydrogens (primary N) is 1. The maximum Gasteiger partial charge on any atom is 0.394 e. The molecule has 1 aromatic heterocycles. The first-order valence-electron chi connectivity index (χ1n) is 7.29. The molecule has 1 aromatic carbocycles. The topological polar surface area (TPSA) is 224 Å². The second-order valence-electron chi connectivity index (χ2n) is 5.28. The first-order chi connectivity index (χ1) is 12.0. The van der Waals surface area contributed by atoms with Crippen LogP contribution in [0, 0.1) is 5.41 Å². The van der Waals surface area contributed by atoms with E-state index in [2.05, 4.69) is 10.3 Å². The van der Waals surface area contributed by atoms with Gasteiger partial charge >= 0.3 is 10.4 Å². The number of benzene rings is 1. The SMILES string of the molecule is CN1CC(=O)NC1=N.NCCc1c[nH]c2ccc(O)cc12.O.O=S(=O)(O)O. The van der Waals surface area contributed by atoms with Gasteiger partial charge < -0.3 is 26.2 Å². The number of carbonyl (C=O) groups excluding carboxylic acids is 1. The van der Waals surface area contributed by atoms with Crippen molar-refractivity contribution in [1.29, 1.82) is 5.41 Å². The number of nitrogens with zero attached hydrogens (tertiary/aromatic N) is 1. The Hall–Kier alpha value is -2.71. The molecule has 2 aromatic rings. The van der Waals surface area contributed by atoms with E-state index < -0.39 is 10.4 Å². The summed E-state index contributed by atoms with van der Waals surface area (Å²) in [4.78, 5) is 15.0. The van der Waals surface area contributed by atoms with Gasteiger partial charge in [-0.15, -0.1) is 0 Å². The summed E-state index contributed by atoms with van der Waals surface area (Å²) < 4.78 is 31.6. The van der Waals surface area contributed by atoms with Gasteiger partial charge in [0.05, 0.1) is 6.54 Å². The third-order valence-corrected chi connectivity index (χ3v) is 3.19. The summed E-state index contributed by atoms with van der Waals surface area (Å²) in [6.45, 7) is 0.946. The van der Waals surface area contributed by atoms with Gasteiger partial charge in [0.2, 0.25) is 5.91 Å². The molecule has 0 spiro atoms. The van der Waals surface area contributed by atoms with E-state index in [1.807, 2.05) is 12.3 Å². The maximum absolute atomic E-state index is 10.4. The molecule has 0 atom stereocenters. The fourth-order valence-corrected chi connectivity index (χ4v) is 2.09. The van der Waals surface area contributed by atoms with Gasteiger partial charge in [-0.3, -0.25) is 24.6 Å². The fraction of sp³-hybridized carbons (Fsp3) is 0.286. The molecule has 3 rings (SSSR count). The predicted molar refractivity (Wildman–Crippen MR) is 99.0 cm³/mol. The number of phenolic OH excluding ortho intramolecular Hbond substituents is 1. The van der Waals surface area contributed by atoms with E-state index in [1.54, 1.807) is 24.1 Å². The lowest BCUT2D eigenvalue weighted by atomic mass is 10.1. The monoisotopic (exact) mass is 405 g/mol. The average molecular weight is 405 g/mol. The highest BCUT2D eigenvalue weighted by Gasteiger charge is 2.18. The largest absolute Gasteiger partial charge is 0.508 e. The van der Waals surface area contributed by atoms with E-state index in [1.165, 1.54) is 0 Å². The Morgan fingerprint density at radius 3 is 2.33 bits per heavy atom. The second-order valence-corrected chi connectivity index (χ2v) is 6.18. The van der Waals surface area contributed by atoms with E-state index in [9.17, 15) is 9.90 Å². The molecule has 1 aliphatic heterocycles. The third kappa shape index (κ3) is 8.98. The average Bonchev–Trinajstić information content (AvgIpc) is 3.01. The number of aromatic hydroxyl groups is 1.